The van der Waals surface area contributed by atoms with E-state index in [1.165, 1.54) is 35.8 Å². The molecule has 2 heterocycles. The van der Waals surface area contributed by atoms with E-state index in [4.69, 9.17) is 0 Å². The van der Waals surface area contributed by atoms with E-state index < -0.39 is 0 Å². The van der Waals surface area contributed by atoms with Crippen LogP contribution in [0.4, 0.5) is 0 Å². The SMILES string of the molecule is CNC(C)c1cnc(C2CCN(C)CC2)s1. The molecule has 0 bridgehead atoms. The van der Waals surface area contributed by atoms with Crippen LogP contribution in [0.2, 0.25) is 0 Å². The molecule has 4 heteroatoms. The predicted octanol–water partition coefficient (Wildman–Crippen LogP) is 2.23. The Balaban J connectivity index is 2.01. The number of hydrogen-bond donors (Lipinski definition) is 1. The summed E-state index contributed by atoms with van der Waals surface area (Å²) in [5.74, 6) is 0.694. The van der Waals surface area contributed by atoms with E-state index in [9.17, 15) is 0 Å². The molecule has 0 aromatic carbocycles. The van der Waals surface area contributed by atoms with Gasteiger partial charge in [-0.3, -0.25) is 0 Å². The van der Waals surface area contributed by atoms with Gasteiger partial charge in [-0.1, -0.05) is 0 Å². The number of rotatable bonds is 3. The highest BCUT2D eigenvalue weighted by Gasteiger charge is 2.21. The smallest absolute Gasteiger partial charge is 0.0960 e. The van der Waals surface area contributed by atoms with Gasteiger partial charge in [0.05, 0.1) is 5.01 Å². The largest absolute Gasteiger partial charge is 0.312 e. The summed E-state index contributed by atoms with van der Waals surface area (Å²) in [4.78, 5) is 8.36. The average Bonchev–Trinajstić information content (AvgIpc) is 2.78. The van der Waals surface area contributed by atoms with Crippen LogP contribution < -0.4 is 5.32 Å². The van der Waals surface area contributed by atoms with E-state index in [1.807, 2.05) is 24.6 Å². The Kier molecular flexibility index (Phi) is 3.95. The molecule has 1 unspecified atom stereocenters. The summed E-state index contributed by atoms with van der Waals surface area (Å²) in [6.07, 6.45) is 4.56. The standard InChI is InChI=1S/C12H21N3S/c1-9(13-2)11-8-14-12(16-11)10-4-6-15(3)7-5-10/h8-10,13H,4-7H2,1-3H3. The van der Waals surface area contributed by atoms with E-state index in [0.29, 0.717) is 12.0 Å². The summed E-state index contributed by atoms with van der Waals surface area (Å²) in [5, 5.41) is 4.60. The second-order valence-corrected chi connectivity index (χ2v) is 5.78. The van der Waals surface area contributed by atoms with Gasteiger partial charge in [0.25, 0.3) is 0 Å². The van der Waals surface area contributed by atoms with Crippen LogP contribution in [0.25, 0.3) is 0 Å². The van der Waals surface area contributed by atoms with Crippen molar-refractivity contribution in [1.29, 1.82) is 0 Å². The Morgan fingerprint density at radius 2 is 2.19 bits per heavy atom. The maximum Gasteiger partial charge on any atom is 0.0960 e. The van der Waals surface area contributed by atoms with Crippen molar-refractivity contribution in [3.63, 3.8) is 0 Å². The first-order chi connectivity index (χ1) is 7.70. The van der Waals surface area contributed by atoms with Crippen molar-refractivity contribution in [2.75, 3.05) is 27.2 Å². The van der Waals surface area contributed by atoms with Crippen LogP contribution in [0.5, 0.6) is 0 Å². The van der Waals surface area contributed by atoms with Crippen LogP contribution in [0.1, 0.15) is 41.6 Å². The van der Waals surface area contributed by atoms with E-state index >= 15 is 0 Å². The van der Waals surface area contributed by atoms with E-state index in [1.54, 1.807) is 0 Å². The maximum absolute atomic E-state index is 4.59. The van der Waals surface area contributed by atoms with Crippen molar-refractivity contribution in [2.45, 2.75) is 31.7 Å². The van der Waals surface area contributed by atoms with Gasteiger partial charge in [0.2, 0.25) is 0 Å². The Labute approximate surface area is 102 Å². The summed E-state index contributed by atoms with van der Waals surface area (Å²) in [5.41, 5.74) is 0. The van der Waals surface area contributed by atoms with E-state index in [-0.39, 0.29) is 0 Å². The Bertz CT molecular complexity index is 329. The molecule has 1 atom stereocenters. The molecule has 0 radical (unpaired) electrons. The summed E-state index contributed by atoms with van der Waals surface area (Å²) in [7, 11) is 4.20. The van der Waals surface area contributed by atoms with Gasteiger partial charge in [0.15, 0.2) is 0 Å². The molecule has 1 aliphatic rings. The Hall–Kier alpha value is -0.450. The fraction of sp³-hybridized carbons (Fsp3) is 0.750. The molecule has 1 fully saturated rings. The first-order valence-corrected chi connectivity index (χ1v) is 6.83. The quantitative estimate of drug-likeness (QED) is 0.877. The van der Waals surface area contributed by atoms with Crippen molar-refractivity contribution in [2.24, 2.45) is 0 Å². The Morgan fingerprint density at radius 1 is 1.50 bits per heavy atom. The molecule has 90 valence electrons. The molecule has 1 aromatic heterocycles. The van der Waals surface area contributed by atoms with Gasteiger partial charge in [0, 0.05) is 23.0 Å². The molecule has 0 amide bonds. The summed E-state index contributed by atoms with van der Waals surface area (Å²) in [6, 6.07) is 0.428. The maximum atomic E-state index is 4.59. The van der Waals surface area contributed by atoms with Crippen molar-refractivity contribution in [3.8, 4) is 0 Å². The minimum absolute atomic E-state index is 0.428. The summed E-state index contributed by atoms with van der Waals surface area (Å²) >= 11 is 1.88. The van der Waals surface area contributed by atoms with Crippen LogP contribution in [0, 0.1) is 0 Å². The second-order valence-electron chi connectivity index (χ2n) is 4.69. The second kappa shape index (κ2) is 5.25. The lowest BCUT2D eigenvalue weighted by molar-refractivity contribution is 0.255. The molecule has 1 aliphatic heterocycles. The minimum atomic E-state index is 0.428. The number of piperidine rings is 1. The zero-order valence-corrected chi connectivity index (χ0v) is 11.2. The molecular formula is C12H21N3S. The van der Waals surface area contributed by atoms with Crippen LogP contribution in [-0.2, 0) is 0 Å². The number of nitrogens with zero attached hydrogens (tertiary/aromatic N) is 2. The Morgan fingerprint density at radius 3 is 2.81 bits per heavy atom. The summed E-state index contributed by atoms with van der Waals surface area (Å²) in [6.45, 7) is 4.61. The predicted molar refractivity (Wildman–Crippen MR) is 69.1 cm³/mol. The third-order valence-electron chi connectivity index (χ3n) is 3.47. The third kappa shape index (κ3) is 2.62. The van der Waals surface area contributed by atoms with Crippen molar-refractivity contribution >= 4 is 11.3 Å². The number of nitrogens with one attached hydrogen (secondary N) is 1. The number of likely N-dealkylation sites (tertiary alicyclic amines) is 1. The highest BCUT2D eigenvalue weighted by Crippen LogP contribution is 2.32. The number of thiazole rings is 1. The molecule has 1 N–H and O–H groups in total. The zero-order valence-electron chi connectivity index (χ0n) is 10.4. The first kappa shape index (κ1) is 12.0. The zero-order chi connectivity index (χ0) is 11.5. The van der Waals surface area contributed by atoms with Crippen LogP contribution >= 0.6 is 11.3 Å². The van der Waals surface area contributed by atoms with Crippen molar-refractivity contribution in [3.05, 3.63) is 16.1 Å². The highest BCUT2D eigenvalue weighted by molar-refractivity contribution is 7.11. The summed E-state index contributed by atoms with van der Waals surface area (Å²) < 4.78 is 0. The van der Waals surface area contributed by atoms with Crippen molar-refractivity contribution in [1.82, 2.24) is 15.2 Å². The normalized spacial score (nSPS) is 21.2. The molecule has 3 nitrogen and oxygen atoms in total. The number of hydrogen-bond acceptors (Lipinski definition) is 4. The lowest BCUT2D eigenvalue weighted by atomic mass is 9.98. The molecule has 2 rings (SSSR count). The topological polar surface area (TPSA) is 28.2 Å². The average molecular weight is 239 g/mol. The minimum Gasteiger partial charge on any atom is -0.312 e. The monoisotopic (exact) mass is 239 g/mol. The highest BCUT2D eigenvalue weighted by atomic mass is 32.1. The van der Waals surface area contributed by atoms with Gasteiger partial charge >= 0.3 is 0 Å². The van der Waals surface area contributed by atoms with Crippen molar-refractivity contribution < 1.29 is 0 Å². The van der Waals surface area contributed by atoms with E-state index in [2.05, 4.69) is 29.2 Å². The third-order valence-corrected chi connectivity index (χ3v) is 4.81. The first-order valence-electron chi connectivity index (χ1n) is 6.02. The molecule has 0 spiro atoms. The lowest BCUT2D eigenvalue weighted by Gasteiger charge is -2.27. The van der Waals surface area contributed by atoms with Crippen LogP contribution in [0.3, 0.4) is 0 Å². The van der Waals surface area contributed by atoms with Gasteiger partial charge in [-0.05, 0) is 47.0 Å². The van der Waals surface area contributed by atoms with Crippen LogP contribution in [-0.4, -0.2) is 37.1 Å². The molecule has 1 aromatic rings. The van der Waals surface area contributed by atoms with Gasteiger partial charge in [0.1, 0.15) is 0 Å². The van der Waals surface area contributed by atoms with Gasteiger partial charge in [-0.15, -0.1) is 11.3 Å². The van der Waals surface area contributed by atoms with Gasteiger partial charge < -0.3 is 10.2 Å². The number of aromatic nitrogens is 1. The van der Waals surface area contributed by atoms with Crippen LogP contribution in [0.15, 0.2) is 6.20 Å². The molecular weight excluding hydrogens is 218 g/mol. The van der Waals surface area contributed by atoms with Gasteiger partial charge in [-0.2, -0.15) is 0 Å². The molecule has 1 saturated heterocycles. The fourth-order valence-electron chi connectivity index (χ4n) is 2.09. The molecule has 16 heavy (non-hydrogen) atoms. The molecule has 0 aliphatic carbocycles. The lowest BCUT2D eigenvalue weighted by Crippen LogP contribution is -2.29. The van der Waals surface area contributed by atoms with E-state index in [0.717, 1.165) is 0 Å². The molecule has 0 saturated carbocycles. The van der Waals surface area contributed by atoms with Gasteiger partial charge in [-0.25, -0.2) is 4.98 Å². The fourth-order valence-corrected chi connectivity index (χ4v) is 3.24.